The number of aromatic carboxylic acids is 1. The first-order valence-corrected chi connectivity index (χ1v) is 6.77. The highest BCUT2D eigenvalue weighted by molar-refractivity contribution is 5.89. The fourth-order valence-electron chi connectivity index (χ4n) is 1.65. The van der Waals surface area contributed by atoms with Gasteiger partial charge in [0.05, 0.1) is 0 Å². The van der Waals surface area contributed by atoms with E-state index in [-0.39, 0.29) is 17.5 Å². The van der Waals surface area contributed by atoms with E-state index in [0.29, 0.717) is 5.56 Å². The van der Waals surface area contributed by atoms with Crippen molar-refractivity contribution < 1.29 is 19.8 Å². The summed E-state index contributed by atoms with van der Waals surface area (Å²) in [5, 5.41) is 23.0. The van der Waals surface area contributed by atoms with Crippen LogP contribution in [0.2, 0.25) is 0 Å². The Morgan fingerprint density at radius 1 is 1.04 bits per heavy atom. The number of hydrogen-bond donors (Lipinski definition) is 4. The van der Waals surface area contributed by atoms with E-state index >= 15 is 0 Å². The molecule has 1 heterocycles. The van der Waals surface area contributed by atoms with E-state index in [1.165, 1.54) is 12.3 Å². The number of carboxylic acid groups (broad SMARTS) is 1. The van der Waals surface area contributed by atoms with E-state index in [9.17, 15) is 14.7 Å². The van der Waals surface area contributed by atoms with Crippen LogP contribution in [0.15, 0.2) is 36.5 Å². The van der Waals surface area contributed by atoms with Gasteiger partial charge >= 0.3 is 12.0 Å². The molecule has 0 saturated heterocycles. The highest BCUT2D eigenvalue weighted by Crippen LogP contribution is 2.24. The van der Waals surface area contributed by atoms with Crippen LogP contribution in [0, 0.1) is 6.92 Å². The van der Waals surface area contributed by atoms with Gasteiger partial charge in [0.25, 0.3) is 0 Å². The van der Waals surface area contributed by atoms with Crippen LogP contribution < -0.4 is 10.6 Å². The molecule has 1 aromatic carbocycles. The minimum absolute atomic E-state index is 0.157. The van der Waals surface area contributed by atoms with Gasteiger partial charge in [0.15, 0.2) is 5.69 Å². The lowest BCUT2D eigenvalue weighted by molar-refractivity contribution is 0.0687. The first-order valence-electron chi connectivity index (χ1n) is 6.77. The van der Waals surface area contributed by atoms with Crippen molar-refractivity contribution in [1.82, 2.24) is 15.6 Å². The number of aromatic hydroxyl groups is 1. The van der Waals surface area contributed by atoms with Crippen LogP contribution in [0.4, 0.5) is 4.79 Å². The Balaban J connectivity index is 0.000000379. The van der Waals surface area contributed by atoms with E-state index in [0.717, 1.165) is 11.1 Å². The average molecular weight is 317 g/mol. The number of nitrogens with zero attached hydrogens (tertiary/aromatic N) is 1. The number of rotatable bonds is 2. The summed E-state index contributed by atoms with van der Waals surface area (Å²) in [4.78, 5) is 24.4. The standard InChI is InChI=1S/C13H11NO3.C3H8N2O/c1-8-2-4-9(5-3-8)10-6-11(15)12(13(16)17)14-7-10;1-4-3(6)5-2/h2-7,15H,1H3,(H,16,17);1-2H3,(H2,4,5,6). The van der Waals surface area contributed by atoms with Crippen molar-refractivity contribution in [3.05, 3.63) is 47.8 Å². The van der Waals surface area contributed by atoms with Crippen molar-refractivity contribution >= 4 is 12.0 Å². The molecule has 0 radical (unpaired) electrons. The average Bonchev–Trinajstić information content (AvgIpc) is 2.55. The van der Waals surface area contributed by atoms with Crippen molar-refractivity contribution in [2.75, 3.05) is 14.1 Å². The molecular weight excluding hydrogens is 298 g/mol. The van der Waals surface area contributed by atoms with Crippen LogP contribution >= 0.6 is 0 Å². The highest BCUT2D eigenvalue weighted by Gasteiger charge is 2.12. The van der Waals surface area contributed by atoms with Gasteiger partial charge in [-0.3, -0.25) is 0 Å². The van der Waals surface area contributed by atoms with Crippen molar-refractivity contribution in [3.63, 3.8) is 0 Å². The Labute approximate surface area is 134 Å². The number of carbonyl (C=O) groups excluding carboxylic acids is 1. The lowest BCUT2D eigenvalue weighted by atomic mass is 10.1. The number of carboxylic acids is 1. The van der Waals surface area contributed by atoms with Gasteiger partial charge in [-0.1, -0.05) is 29.8 Å². The van der Waals surface area contributed by atoms with Gasteiger partial charge in [0, 0.05) is 25.9 Å². The molecule has 7 heteroatoms. The van der Waals surface area contributed by atoms with Gasteiger partial charge in [-0.2, -0.15) is 0 Å². The molecule has 2 rings (SSSR count). The maximum Gasteiger partial charge on any atom is 0.358 e. The summed E-state index contributed by atoms with van der Waals surface area (Å²) in [7, 11) is 3.14. The molecule has 1 aromatic heterocycles. The summed E-state index contributed by atoms with van der Waals surface area (Å²) < 4.78 is 0. The Kier molecular flexibility index (Phi) is 6.54. The van der Waals surface area contributed by atoms with Gasteiger partial charge in [0.1, 0.15) is 5.75 Å². The minimum Gasteiger partial charge on any atom is -0.505 e. The molecule has 0 spiro atoms. The summed E-state index contributed by atoms with van der Waals surface area (Å²) in [5.74, 6) is -1.56. The number of hydrogen-bond acceptors (Lipinski definition) is 4. The van der Waals surface area contributed by atoms with Gasteiger partial charge in [-0.15, -0.1) is 0 Å². The Morgan fingerprint density at radius 3 is 2.00 bits per heavy atom. The third-order valence-corrected chi connectivity index (χ3v) is 2.91. The predicted molar refractivity (Wildman–Crippen MR) is 86.5 cm³/mol. The van der Waals surface area contributed by atoms with Crippen LogP contribution in [0.5, 0.6) is 5.75 Å². The number of aryl methyl sites for hydroxylation is 1. The molecule has 2 amide bonds. The number of pyridine rings is 1. The summed E-state index contributed by atoms with van der Waals surface area (Å²) in [5.41, 5.74) is 2.37. The highest BCUT2D eigenvalue weighted by atomic mass is 16.4. The molecule has 2 aromatic rings. The van der Waals surface area contributed by atoms with Gasteiger partial charge in [-0.05, 0) is 18.6 Å². The topological polar surface area (TPSA) is 112 Å². The van der Waals surface area contributed by atoms with E-state index in [1.54, 1.807) is 14.1 Å². The summed E-state index contributed by atoms with van der Waals surface area (Å²) in [6.45, 7) is 1.98. The second kappa shape index (κ2) is 8.38. The smallest absolute Gasteiger partial charge is 0.358 e. The van der Waals surface area contributed by atoms with Crippen LogP contribution in [0.3, 0.4) is 0 Å². The minimum atomic E-state index is -1.24. The predicted octanol–water partition coefficient (Wildman–Crippen LogP) is 2.01. The maximum absolute atomic E-state index is 10.7. The Bertz CT molecular complexity index is 678. The molecule has 0 atom stereocenters. The molecule has 23 heavy (non-hydrogen) atoms. The molecule has 0 aliphatic rings. The molecule has 0 aliphatic heterocycles. The normalized spacial score (nSPS) is 9.35. The summed E-state index contributed by atoms with van der Waals surface area (Å²) in [6.07, 6.45) is 1.44. The zero-order valence-electron chi connectivity index (χ0n) is 13.1. The third-order valence-electron chi connectivity index (χ3n) is 2.91. The summed E-state index contributed by atoms with van der Waals surface area (Å²) in [6, 6.07) is 8.92. The second-order valence-electron chi connectivity index (χ2n) is 4.59. The molecular formula is C16H19N3O4. The molecule has 0 saturated carbocycles. The van der Waals surface area contributed by atoms with Crippen molar-refractivity contribution in [2.24, 2.45) is 0 Å². The van der Waals surface area contributed by atoms with Crippen molar-refractivity contribution in [1.29, 1.82) is 0 Å². The first-order chi connectivity index (χ1) is 10.9. The van der Waals surface area contributed by atoms with E-state index in [2.05, 4.69) is 15.6 Å². The Hall–Kier alpha value is -3.09. The fraction of sp³-hybridized carbons (Fsp3) is 0.188. The first kappa shape index (κ1) is 18.0. The number of carbonyl (C=O) groups is 2. The zero-order chi connectivity index (χ0) is 17.4. The van der Waals surface area contributed by atoms with Crippen molar-refractivity contribution in [2.45, 2.75) is 6.92 Å². The van der Waals surface area contributed by atoms with Gasteiger partial charge in [0.2, 0.25) is 0 Å². The van der Waals surface area contributed by atoms with Gasteiger partial charge in [-0.25, -0.2) is 14.6 Å². The third kappa shape index (κ3) is 5.31. The number of amides is 2. The van der Waals surface area contributed by atoms with E-state index in [1.807, 2.05) is 31.2 Å². The number of nitrogens with one attached hydrogen (secondary N) is 2. The monoisotopic (exact) mass is 317 g/mol. The number of urea groups is 1. The molecule has 0 fully saturated rings. The van der Waals surface area contributed by atoms with Crippen LogP contribution in [-0.4, -0.2) is 41.3 Å². The lowest BCUT2D eigenvalue weighted by Gasteiger charge is -2.04. The van der Waals surface area contributed by atoms with Gasteiger partial charge < -0.3 is 20.8 Å². The number of benzene rings is 1. The molecule has 0 unspecified atom stereocenters. The lowest BCUT2D eigenvalue weighted by Crippen LogP contribution is -2.28. The van der Waals surface area contributed by atoms with Crippen LogP contribution in [0.25, 0.3) is 11.1 Å². The Morgan fingerprint density at radius 2 is 1.61 bits per heavy atom. The molecule has 0 bridgehead atoms. The van der Waals surface area contributed by atoms with Crippen LogP contribution in [-0.2, 0) is 0 Å². The molecule has 4 N–H and O–H groups in total. The van der Waals surface area contributed by atoms with Crippen molar-refractivity contribution in [3.8, 4) is 16.9 Å². The fourth-order valence-corrected chi connectivity index (χ4v) is 1.65. The molecule has 7 nitrogen and oxygen atoms in total. The molecule has 0 aliphatic carbocycles. The van der Waals surface area contributed by atoms with Crippen LogP contribution in [0.1, 0.15) is 16.1 Å². The van der Waals surface area contributed by atoms with E-state index < -0.39 is 5.97 Å². The maximum atomic E-state index is 10.7. The SMILES string of the molecule is CNC(=O)NC.Cc1ccc(-c2cnc(C(=O)O)c(O)c2)cc1. The summed E-state index contributed by atoms with van der Waals surface area (Å²) >= 11 is 0. The van der Waals surface area contributed by atoms with E-state index in [4.69, 9.17) is 5.11 Å². The second-order valence-corrected chi connectivity index (χ2v) is 4.59. The largest absolute Gasteiger partial charge is 0.505 e. The zero-order valence-corrected chi connectivity index (χ0v) is 13.1. The molecule has 122 valence electrons. The number of aromatic nitrogens is 1. The quantitative estimate of drug-likeness (QED) is 0.677.